The molecule has 182 valence electrons. The van der Waals surface area contributed by atoms with E-state index in [0.29, 0.717) is 29.4 Å². The Hall–Kier alpha value is -4.80. The van der Waals surface area contributed by atoms with Crippen LogP contribution in [0.5, 0.6) is 11.5 Å². The fraction of sp³-hybridized carbons (Fsp3) is 0.200. The molecular formula is C25H21N5O6. The summed E-state index contributed by atoms with van der Waals surface area (Å²) in [6.07, 6.45) is 6.12. The van der Waals surface area contributed by atoms with Crippen molar-refractivity contribution >= 4 is 23.0 Å². The van der Waals surface area contributed by atoms with Crippen LogP contribution in [0.3, 0.4) is 0 Å². The molecule has 2 aromatic carbocycles. The summed E-state index contributed by atoms with van der Waals surface area (Å²) in [4.78, 5) is 39.7. The van der Waals surface area contributed by atoms with Gasteiger partial charge in [-0.2, -0.15) is 5.10 Å². The third-order valence-corrected chi connectivity index (χ3v) is 6.35. The Balaban J connectivity index is 1.38. The number of nitrogens with one attached hydrogen (secondary N) is 1. The number of hydrogen-bond donors (Lipinski definition) is 3. The number of phenolic OH excluding ortho intramolecular Hbond substituents is 2. The molecule has 1 aliphatic carbocycles. The third-order valence-electron chi connectivity index (χ3n) is 6.35. The number of nitro benzene ring substituents is 1. The number of carbonyl (C=O) groups excluding carboxylic acids is 2. The quantitative estimate of drug-likeness (QED) is 0.203. The van der Waals surface area contributed by atoms with Crippen LogP contribution in [0.1, 0.15) is 45.5 Å². The molecule has 36 heavy (non-hydrogen) atoms. The van der Waals surface area contributed by atoms with Crippen molar-refractivity contribution in [3.63, 3.8) is 0 Å². The smallest absolute Gasteiger partial charge is 0.311 e. The minimum atomic E-state index is -0.928. The van der Waals surface area contributed by atoms with Crippen molar-refractivity contribution in [2.24, 2.45) is 5.92 Å². The number of fused-ring (bicyclic) bond motifs is 1. The Morgan fingerprint density at radius 1 is 1.11 bits per heavy atom. The fourth-order valence-electron chi connectivity index (χ4n) is 4.05. The zero-order chi connectivity index (χ0) is 25.4. The number of rotatable bonds is 7. The second-order valence-electron chi connectivity index (χ2n) is 8.67. The molecule has 5 rings (SSSR count). The molecule has 2 aromatic heterocycles. The average molecular weight is 487 g/mol. The summed E-state index contributed by atoms with van der Waals surface area (Å²) in [6, 6.07) is 10.5. The van der Waals surface area contributed by atoms with E-state index in [9.17, 15) is 29.9 Å². The number of aromatic hydroxyl groups is 2. The highest BCUT2D eigenvalue weighted by Gasteiger charge is 2.26. The van der Waals surface area contributed by atoms with Crippen LogP contribution in [0.4, 0.5) is 5.69 Å². The number of hydrogen-bond acceptors (Lipinski definition) is 8. The van der Waals surface area contributed by atoms with Gasteiger partial charge in [0.1, 0.15) is 11.3 Å². The van der Waals surface area contributed by atoms with Gasteiger partial charge in [0.2, 0.25) is 11.5 Å². The van der Waals surface area contributed by atoms with Gasteiger partial charge in [-0.3, -0.25) is 19.7 Å². The van der Waals surface area contributed by atoms with E-state index >= 15 is 0 Å². The Labute approximate surface area is 204 Å². The first-order valence-electron chi connectivity index (χ1n) is 11.3. The molecule has 1 fully saturated rings. The first-order chi connectivity index (χ1) is 17.3. The lowest BCUT2D eigenvalue weighted by molar-refractivity contribution is -0.385. The van der Waals surface area contributed by atoms with Gasteiger partial charge >= 0.3 is 5.69 Å². The molecule has 1 amide bonds. The molecule has 0 atom stereocenters. The molecule has 0 bridgehead atoms. The molecule has 0 unspecified atom stereocenters. The van der Waals surface area contributed by atoms with Gasteiger partial charge in [0, 0.05) is 42.2 Å². The first-order valence-corrected chi connectivity index (χ1v) is 11.3. The van der Waals surface area contributed by atoms with E-state index in [2.05, 4.69) is 15.4 Å². The molecule has 1 aliphatic rings. The lowest BCUT2D eigenvalue weighted by Crippen LogP contribution is -2.32. The van der Waals surface area contributed by atoms with E-state index in [4.69, 9.17) is 0 Å². The number of amides is 1. The standard InChI is InChI=1S/C25H21N5O6/c31-20-9-8-19(30(35)36)24(33)22(20)23(32)17-12-26-21-10-18(28-29(21)13-17)15-4-6-16(7-5-15)25(34)27-11-14-2-1-3-14/h4-10,12-14,31,33H,1-3,11H2,(H,27,34). The number of benzene rings is 2. The van der Waals surface area contributed by atoms with Gasteiger partial charge in [-0.1, -0.05) is 18.6 Å². The summed E-state index contributed by atoms with van der Waals surface area (Å²) in [5.41, 5.74) is 0.922. The van der Waals surface area contributed by atoms with E-state index in [0.717, 1.165) is 30.5 Å². The Bertz CT molecular complexity index is 1510. The van der Waals surface area contributed by atoms with E-state index in [1.807, 2.05) is 0 Å². The minimum Gasteiger partial charge on any atom is -0.507 e. The van der Waals surface area contributed by atoms with Crippen molar-refractivity contribution in [1.82, 2.24) is 19.9 Å². The van der Waals surface area contributed by atoms with Crippen LogP contribution < -0.4 is 5.32 Å². The summed E-state index contributed by atoms with van der Waals surface area (Å²) >= 11 is 0. The fourth-order valence-corrected chi connectivity index (χ4v) is 4.05. The third kappa shape index (κ3) is 4.22. The maximum Gasteiger partial charge on any atom is 0.311 e. The van der Waals surface area contributed by atoms with Crippen molar-refractivity contribution in [3.05, 3.63) is 81.7 Å². The number of nitrogens with zero attached hydrogens (tertiary/aromatic N) is 4. The van der Waals surface area contributed by atoms with Crippen molar-refractivity contribution in [3.8, 4) is 22.8 Å². The van der Waals surface area contributed by atoms with Crippen LogP contribution >= 0.6 is 0 Å². The second kappa shape index (κ2) is 9.10. The summed E-state index contributed by atoms with van der Waals surface area (Å²) in [6.45, 7) is 0.686. The molecule has 11 heteroatoms. The highest BCUT2D eigenvalue weighted by molar-refractivity contribution is 6.12. The average Bonchev–Trinajstić information content (AvgIpc) is 3.26. The van der Waals surface area contributed by atoms with Gasteiger partial charge in [-0.25, -0.2) is 9.50 Å². The molecular weight excluding hydrogens is 466 g/mol. The monoisotopic (exact) mass is 487 g/mol. The van der Waals surface area contributed by atoms with Crippen molar-refractivity contribution < 1.29 is 24.7 Å². The number of ketones is 1. The summed E-state index contributed by atoms with van der Waals surface area (Å²) in [5, 5.41) is 38.7. The largest absolute Gasteiger partial charge is 0.507 e. The molecule has 4 aromatic rings. The Morgan fingerprint density at radius 3 is 2.53 bits per heavy atom. The Kier molecular flexibility index (Phi) is 5.80. The maximum atomic E-state index is 12.9. The highest BCUT2D eigenvalue weighted by atomic mass is 16.6. The van der Waals surface area contributed by atoms with Crippen LogP contribution in [-0.4, -0.2) is 48.0 Å². The highest BCUT2D eigenvalue weighted by Crippen LogP contribution is 2.37. The van der Waals surface area contributed by atoms with Crippen molar-refractivity contribution in [1.29, 1.82) is 0 Å². The zero-order valence-corrected chi connectivity index (χ0v) is 18.9. The van der Waals surface area contributed by atoms with Gasteiger partial charge in [-0.05, 0) is 37.0 Å². The lowest BCUT2D eigenvalue weighted by Gasteiger charge is -2.25. The maximum absolute atomic E-state index is 12.9. The predicted octanol–water partition coefficient (Wildman–Crippen LogP) is 3.48. The summed E-state index contributed by atoms with van der Waals surface area (Å²) in [5.74, 6) is -1.93. The van der Waals surface area contributed by atoms with Gasteiger partial charge < -0.3 is 15.5 Å². The molecule has 0 saturated heterocycles. The van der Waals surface area contributed by atoms with Gasteiger partial charge in [0.05, 0.1) is 16.2 Å². The van der Waals surface area contributed by atoms with Crippen LogP contribution in [0.2, 0.25) is 0 Å². The van der Waals surface area contributed by atoms with Crippen LogP contribution in [0, 0.1) is 16.0 Å². The van der Waals surface area contributed by atoms with Crippen LogP contribution in [0.25, 0.3) is 16.9 Å². The number of carbonyl (C=O) groups is 2. The van der Waals surface area contributed by atoms with E-state index in [1.54, 1.807) is 30.3 Å². The topological polar surface area (TPSA) is 160 Å². The Morgan fingerprint density at radius 2 is 1.86 bits per heavy atom. The molecule has 3 N–H and O–H groups in total. The molecule has 0 aliphatic heterocycles. The van der Waals surface area contributed by atoms with Crippen molar-refractivity contribution in [2.45, 2.75) is 19.3 Å². The summed E-state index contributed by atoms with van der Waals surface area (Å²) in [7, 11) is 0. The van der Waals surface area contributed by atoms with E-state index in [-0.39, 0.29) is 11.5 Å². The number of aromatic nitrogens is 3. The van der Waals surface area contributed by atoms with Gasteiger partial charge in [0.15, 0.2) is 5.65 Å². The minimum absolute atomic E-state index is 0.0401. The second-order valence-corrected chi connectivity index (χ2v) is 8.67. The zero-order valence-electron chi connectivity index (χ0n) is 18.9. The van der Waals surface area contributed by atoms with E-state index in [1.165, 1.54) is 23.3 Å². The predicted molar refractivity (Wildman–Crippen MR) is 128 cm³/mol. The molecule has 0 spiro atoms. The SMILES string of the molecule is O=C(NCC1CCC1)c1ccc(-c2cc3ncc(C(=O)c4c(O)ccc([N+](=O)[O-])c4O)cn3n2)cc1. The molecule has 11 nitrogen and oxygen atoms in total. The summed E-state index contributed by atoms with van der Waals surface area (Å²) < 4.78 is 1.35. The number of phenols is 2. The molecule has 1 saturated carbocycles. The number of nitro groups is 1. The van der Waals surface area contributed by atoms with E-state index < -0.39 is 33.5 Å². The van der Waals surface area contributed by atoms with Gasteiger partial charge in [-0.15, -0.1) is 0 Å². The van der Waals surface area contributed by atoms with Crippen LogP contribution in [-0.2, 0) is 0 Å². The first kappa shape index (κ1) is 23.0. The normalized spacial score (nSPS) is 13.3. The van der Waals surface area contributed by atoms with Crippen molar-refractivity contribution in [2.75, 3.05) is 6.54 Å². The molecule has 0 radical (unpaired) electrons. The molecule has 2 heterocycles. The lowest BCUT2D eigenvalue weighted by atomic mass is 9.85. The van der Waals surface area contributed by atoms with Gasteiger partial charge in [0.25, 0.3) is 5.91 Å². The van der Waals surface area contributed by atoms with Crippen LogP contribution in [0.15, 0.2) is 54.9 Å².